The van der Waals surface area contributed by atoms with Gasteiger partial charge < -0.3 is 4.90 Å². The second-order valence-corrected chi connectivity index (χ2v) is 11.6. The predicted octanol–water partition coefficient (Wildman–Crippen LogP) is 8.57. The van der Waals surface area contributed by atoms with Gasteiger partial charge in [0.15, 0.2) is 11.6 Å². The van der Waals surface area contributed by atoms with E-state index in [1.165, 1.54) is 0 Å². The number of para-hydroxylation sites is 2. The quantitative estimate of drug-likeness (QED) is 0.205. The lowest BCUT2D eigenvalue weighted by molar-refractivity contribution is 0.102. The molecule has 0 atom stereocenters. The zero-order chi connectivity index (χ0) is 28.9. The number of ketones is 2. The van der Waals surface area contributed by atoms with Gasteiger partial charge in [-0.15, -0.1) is 0 Å². The van der Waals surface area contributed by atoms with Gasteiger partial charge in [-0.05, 0) is 62.7 Å². The van der Waals surface area contributed by atoms with E-state index in [2.05, 4.69) is 72.6 Å². The van der Waals surface area contributed by atoms with Crippen molar-refractivity contribution in [2.75, 3.05) is 11.9 Å². The summed E-state index contributed by atoms with van der Waals surface area (Å²) in [6, 6.07) is 45.2. The maximum atomic E-state index is 14.2. The molecule has 1 spiro atoms. The Bertz CT molecular complexity index is 2160. The zero-order valence-electron chi connectivity index (χ0n) is 23.5. The molecule has 0 fully saturated rings. The SMILES string of the molecule is CN1c2ccccc2C2(c3ccccc3C(=O)c3ccc(-c4cccc5c4C(=O)c4ccccc4-5)cc32)c2ccccc21. The van der Waals surface area contributed by atoms with Crippen molar-refractivity contribution in [3.63, 3.8) is 0 Å². The van der Waals surface area contributed by atoms with E-state index in [1.54, 1.807) is 0 Å². The summed E-state index contributed by atoms with van der Waals surface area (Å²) in [4.78, 5) is 30.2. The molecule has 1 heterocycles. The molecule has 202 valence electrons. The highest BCUT2D eigenvalue weighted by Crippen LogP contribution is 2.59. The maximum Gasteiger partial charge on any atom is 0.194 e. The molecule has 0 amide bonds. The van der Waals surface area contributed by atoms with Crippen LogP contribution in [0.1, 0.15) is 54.1 Å². The van der Waals surface area contributed by atoms with Gasteiger partial charge in [-0.3, -0.25) is 9.59 Å². The first-order chi connectivity index (χ1) is 21.1. The first-order valence-corrected chi connectivity index (χ1v) is 14.6. The van der Waals surface area contributed by atoms with Crippen molar-refractivity contribution in [2.24, 2.45) is 0 Å². The Balaban J connectivity index is 1.40. The number of anilines is 2. The Morgan fingerprint density at radius 3 is 1.70 bits per heavy atom. The van der Waals surface area contributed by atoms with Crippen LogP contribution in [0.2, 0.25) is 0 Å². The molecule has 0 saturated heterocycles. The van der Waals surface area contributed by atoms with Gasteiger partial charge in [0.05, 0.1) is 5.41 Å². The van der Waals surface area contributed by atoms with Crippen LogP contribution in [0.3, 0.4) is 0 Å². The molecule has 0 N–H and O–H groups in total. The van der Waals surface area contributed by atoms with Gasteiger partial charge >= 0.3 is 0 Å². The normalized spacial score (nSPS) is 14.9. The molecule has 0 aromatic heterocycles. The van der Waals surface area contributed by atoms with E-state index in [9.17, 15) is 9.59 Å². The number of nitrogens with zero attached hydrogens (tertiary/aromatic N) is 1. The summed E-state index contributed by atoms with van der Waals surface area (Å²) in [6.07, 6.45) is 0. The van der Waals surface area contributed by atoms with Gasteiger partial charge in [0.25, 0.3) is 0 Å². The van der Waals surface area contributed by atoms with Crippen LogP contribution in [0.5, 0.6) is 0 Å². The Kier molecular flexibility index (Phi) is 4.76. The summed E-state index contributed by atoms with van der Waals surface area (Å²) in [5, 5.41) is 0. The Morgan fingerprint density at radius 2 is 0.977 bits per heavy atom. The summed E-state index contributed by atoms with van der Waals surface area (Å²) < 4.78 is 0. The first-order valence-electron chi connectivity index (χ1n) is 14.6. The minimum Gasteiger partial charge on any atom is -0.344 e. The number of hydrogen-bond acceptors (Lipinski definition) is 3. The lowest BCUT2D eigenvalue weighted by Gasteiger charge is -2.48. The molecule has 6 aromatic rings. The summed E-state index contributed by atoms with van der Waals surface area (Å²) in [5.41, 5.74) is 12.3. The lowest BCUT2D eigenvalue weighted by Crippen LogP contribution is -2.42. The smallest absolute Gasteiger partial charge is 0.194 e. The monoisotopic (exact) mass is 551 g/mol. The predicted molar refractivity (Wildman–Crippen MR) is 171 cm³/mol. The average molecular weight is 552 g/mol. The van der Waals surface area contributed by atoms with E-state index >= 15 is 0 Å². The fraction of sp³-hybridized carbons (Fsp3) is 0.0500. The van der Waals surface area contributed by atoms with Crippen LogP contribution >= 0.6 is 0 Å². The number of hydrogen-bond donors (Lipinski definition) is 0. The van der Waals surface area contributed by atoms with Crippen molar-refractivity contribution in [1.82, 2.24) is 0 Å². The molecule has 3 heteroatoms. The van der Waals surface area contributed by atoms with Gasteiger partial charge in [0, 0.05) is 40.7 Å². The van der Waals surface area contributed by atoms with Gasteiger partial charge in [-0.2, -0.15) is 0 Å². The molecule has 0 saturated carbocycles. The van der Waals surface area contributed by atoms with Crippen molar-refractivity contribution in [3.05, 3.63) is 178 Å². The largest absolute Gasteiger partial charge is 0.344 e. The third-order valence-corrected chi connectivity index (χ3v) is 9.65. The van der Waals surface area contributed by atoms with E-state index in [0.29, 0.717) is 5.56 Å². The van der Waals surface area contributed by atoms with Crippen LogP contribution in [0.25, 0.3) is 22.3 Å². The van der Waals surface area contributed by atoms with Crippen molar-refractivity contribution < 1.29 is 9.59 Å². The fourth-order valence-electron chi connectivity index (χ4n) is 7.85. The Morgan fingerprint density at radius 1 is 0.442 bits per heavy atom. The third-order valence-electron chi connectivity index (χ3n) is 9.65. The summed E-state index contributed by atoms with van der Waals surface area (Å²) in [7, 11) is 2.11. The van der Waals surface area contributed by atoms with Crippen LogP contribution in [0.4, 0.5) is 11.4 Å². The Hall–Kier alpha value is -5.54. The summed E-state index contributed by atoms with van der Waals surface area (Å²) >= 11 is 0. The second-order valence-electron chi connectivity index (χ2n) is 11.6. The number of fused-ring (bicyclic) bond motifs is 11. The molecule has 3 aliphatic rings. The van der Waals surface area contributed by atoms with Gasteiger partial charge in [0.1, 0.15) is 0 Å². The first kappa shape index (κ1) is 24.1. The van der Waals surface area contributed by atoms with Crippen LogP contribution in [-0.2, 0) is 5.41 Å². The topological polar surface area (TPSA) is 37.4 Å². The molecule has 0 unspecified atom stereocenters. The minimum atomic E-state index is -0.722. The van der Waals surface area contributed by atoms with Crippen LogP contribution in [-0.4, -0.2) is 18.6 Å². The van der Waals surface area contributed by atoms with E-state index in [0.717, 1.165) is 72.6 Å². The number of benzene rings is 6. The lowest BCUT2D eigenvalue weighted by atomic mass is 9.57. The van der Waals surface area contributed by atoms with Gasteiger partial charge in [-0.1, -0.05) is 115 Å². The molecule has 0 radical (unpaired) electrons. The molecule has 6 aromatic carbocycles. The number of carbonyl (C=O) groups is 2. The molecule has 3 nitrogen and oxygen atoms in total. The average Bonchev–Trinajstić information content (AvgIpc) is 3.36. The molecule has 1 aliphatic heterocycles. The van der Waals surface area contributed by atoms with Crippen LogP contribution in [0.15, 0.2) is 133 Å². The van der Waals surface area contributed by atoms with Crippen molar-refractivity contribution >= 4 is 22.9 Å². The fourth-order valence-corrected chi connectivity index (χ4v) is 7.85. The van der Waals surface area contributed by atoms with Crippen molar-refractivity contribution in [1.29, 1.82) is 0 Å². The van der Waals surface area contributed by atoms with E-state index in [1.807, 2.05) is 72.8 Å². The standard InChI is InChI=1S/C40H25NO2/c1-41-35-19-8-6-17-32(35)40(33-18-7-9-20-36(33)41)31-16-5-4-13-29(31)38(42)30-22-21-24(23-34(30)40)25-14-10-15-27-26-11-2-3-12-28(26)39(43)37(25)27/h2-23H,1H3. The molecule has 0 bridgehead atoms. The highest BCUT2D eigenvalue weighted by atomic mass is 16.1. The number of rotatable bonds is 1. The second kappa shape index (κ2) is 8.50. The minimum absolute atomic E-state index is 0.0263. The number of carbonyl (C=O) groups excluding carboxylic acids is 2. The van der Waals surface area contributed by atoms with Crippen LogP contribution in [0, 0.1) is 0 Å². The van der Waals surface area contributed by atoms with E-state index in [-0.39, 0.29) is 11.6 Å². The summed E-state index contributed by atoms with van der Waals surface area (Å²) in [5.74, 6) is 0.0727. The molecular weight excluding hydrogens is 526 g/mol. The molecule has 2 aliphatic carbocycles. The van der Waals surface area contributed by atoms with Crippen LogP contribution < -0.4 is 4.90 Å². The molecule has 9 rings (SSSR count). The zero-order valence-corrected chi connectivity index (χ0v) is 23.5. The van der Waals surface area contributed by atoms with E-state index < -0.39 is 5.41 Å². The highest BCUT2D eigenvalue weighted by Gasteiger charge is 2.51. The highest BCUT2D eigenvalue weighted by molar-refractivity contribution is 6.25. The van der Waals surface area contributed by atoms with Crippen molar-refractivity contribution in [3.8, 4) is 22.3 Å². The summed E-state index contributed by atoms with van der Waals surface area (Å²) in [6.45, 7) is 0. The molecular formula is C40H25NO2. The Labute approximate surface area is 249 Å². The van der Waals surface area contributed by atoms with Gasteiger partial charge in [-0.25, -0.2) is 0 Å². The van der Waals surface area contributed by atoms with Gasteiger partial charge in [0.2, 0.25) is 0 Å². The van der Waals surface area contributed by atoms with Crippen molar-refractivity contribution in [2.45, 2.75) is 5.41 Å². The maximum absolute atomic E-state index is 14.2. The third kappa shape index (κ3) is 2.93. The van der Waals surface area contributed by atoms with E-state index in [4.69, 9.17) is 0 Å². The molecule has 43 heavy (non-hydrogen) atoms.